The van der Waals surface area contributed by atoms with Crippen LogP contribution in [0.4, 0.5) is 34.1 Å². The maximum Gasteiger partial charge on any atom is 0.159 e. The summed E-state index contributed by atoms with van der Waals surface area (Å²) in [6, 6.07) is 81.3. The van der Waals surface area contributed by atoms with Crippen LogP contribution in [0.15, 0.2) is 235 Å². The Hall–Kier alpha value is -8.34. The van der Waals surface area contributed by atoms with Crippen molar-refractivity contribution in [2.75, 3.05) is 9.80 Å². The molecule has 1 aliphatic rings. The molecule has 0 unspecified atom stereocenters. The summed E-state index contributed by atoms with van der Waals surface area (Å²) in [6.07, 6.45) is 0. The standard InChI is InChI=1S/C58H38N2O2/c1-4-14-39(15-5-1)40-26-28-41(29-27-40)42-30-32-46(33-31-42)60(53-24-13-23-52-49-21-10-11-25-54(49)62-58(52)53)48-36-43-16-12-22-51-50-35-34-47(37-55(50)61-56(38-48)57(43)51)59(44-17-6-2-7-18-44)45-19-8-3-9-20-45/h1-38H. The first-order valence-corrected chi connectivity index (χ1v) is 21.0. The average Bonchev–Trinajstić information content (AvgIpc) is 3.73. The van der Waals surface area contributed by atoms with Crippen LogP contribution in [0.5, 0.6) is 11.5 Å². The lowest BCUT2D eigenvalue weighted by Gasteiger charge is -2.29. The fourth-order valence-corrected chi connectivity index (χ4v) is 9.11. The molecule has 4 nitrogen and oxygen atoms in total. The second-order valence-corrected chi connectivity index (χ2v) is 15.7. The van der Waals surface area contributed by atoms with Crippen LogP contribution in [0.3, 0.4) is 0 Å². The van der Waals surface area contributed by atoms with Crippen LogP contribution in [-0.4, -0.2) is 0 Å². The van der Waals surface area contributed by atoms with Crippen LogP contribution in [0, 0.1) is 0 Å². The molecule has 0 amide bonds. The summed E-state index contributed by atoms with van der Waals surface area (Å²) in [5, 5.41) is 4.35. The molecule has 11 aromatic rings. The van der Waals surface area contributed by atoms with Gasteiger partial charge < -0.3 is 19.0 Å². The molecule has 0 spiro atoms. The van der Waals surface area contributed by atoms with E-state index in [1.807, 2.05) is 12.1 Å². The third-order valence-electron chi connectivity index (χ3n) is 12.0. The maximum absolute atomic E-state index is 7.05. The van der Waals surface area contributed by atoms with Gasteiger partial charge in [-0.25, -0.2) is 0 Å². The molecular weight excluding hydrogens is 757 g/mol. The molecule has 12 rings (SSSR count). The van der Waals surface area contributed by atoms with Gasteiger partial charge in [0.1, 0.15) is 17.1 Å². The highest BCUT2D eigenvalue weighted by molar-refractivity contribution is 6.11. The highest BCUT2D eigenvalue weighted by atomic mass is 16.5. The Bertz CT molecular complexity index is 3380. The van der Waals surface area contributed by atoms with Gasteiger partial charge >= 0.3 is 0 Å². The molecule has 0 aliphatic carbocycles. The number of furan rings is 1. The Balaban J connectivity index is 0.990. The number of rotatable bonds is 8. The highest BCUT2D eigenvalue weighted by Crippen LogP contribution is 2.52. The molecule has 1 aliphatic heterocycles. The van der Waals surface area contributed by atoms with Crippen molar-refractivity contribution in [3.8, 4) is 44.9 Å². The van der Waals surface area contributed by atoms with Crippen LogP contribution >= 0.6 is 0 Å². The fourth-order valence-electron chi connectivity index (χ4n) is 9.11. The molecule has 0 fully saturated rings. The van der Waals surface area contributed by atoms with Crippen molar-refractivity contribution in [1.82, 2.24) is 0 Å². The van der Waals surface area contributed by atoms with Crippen molar-refractivity contribution >= 4 is 66.8 Å². The van der Waals surface area contributed by atoms with E-state index in [1.165, 1.54) is 11.1 Å². The zero-order valence-corrected chi connectivity index (χ0v) is 33.7. The molecule has 0 radical (unpaired) electrons. The molecule has 0 saturated carbocycles. The van der Waals surface area contributed by atoms with Crippen molar-refractivity contribution in [3.05, 3.63) is 231 Å². The highest BCUT2D eigenvalue weighted by Gasteiger charge is 2.26. The van der Waals surface area contributed by atoms with Crippen LogP contribution < -0.4 is 14.5 Å². The normalized spacial score (nSPS) is 11.7. The van der Waals surface area contributed by atoms with E-state index >= 15 is 0 Å². The number of para-hydroxylation sites is 4. The Morgan fingerprint density at radius 2 is 0.871 bits per heavy atom. The third kappa shape index (κ3) is 6.08. The average molecular weight is 795 g/mol. The van der Waals surface area contributed by atoms with Crippen molar-refractivity contribution in [1.29, 1.82) is 0 Å². The van der Waals surface area contributed by atoms with Gasteiger partial charge in [-0.15, -0.1) is 0 Å². The number of ether oxygens (including phenoxy) is 1. The summed E-state index contributed by atoms with van der Waals surface area (Å²) in [5.74, 6) is 1.62. The SMILES string of the molecule is c1ccc(-c2ccc(-c3ccc(N(c4cc5c6c(cccc6c4)-c4ccc(N(c6ccccc6)c6ccccc6)cc4O5)c4cccc5c4oc4ccccc45)cc3)cc2)cc1. The molecule has 0 N–H and O–H groups in total. The second kappa shape index (κ2) is 14.7. The minimum Gasteiger partial charge on any atom is -0.456 e. The molecule has 292 valence electrons. The predicted molar refractivity (Wildman–Crippen MR) is 257 cm³/mol. The smallest absolute Gasteiger partial charge is 0.159 e. The minimum absolute atomic E-state index is 0.806. The maximum atomic E-state index is 7.05. The number of hydrogen-bond acceptors (Lipinski definition) is 4. The Kier molecular flexibility index (Phi) is 8.46. The summed E-state index contributed by atoms with van der Waals surface area (Å²) in [7, 11) is 0. The van der Waals surface area contributed by atoms with E-state index in [0.717, 1.165) is 101 Å². The van der Waals surface area contributed by atoms with E-state index < -0.39 is 0 Å². The van der Waals surface area contributed by atoms with Gasteiger partial charge in [-0.05, 0) is 99.9 Å². The molecule has 0 saturated heterocycles. The molecule has 1 aromatic heterocycles. The molecular formula is C58H38N2O2. The number of nitrogens with zero attached hydrogens (tertiary/aromatic N) is 2. The van der Waals surface area contributed by atoms with Gasteiger partial charge in [-0.1, -0.05) is 152 Å². The van der Waals surface area contributed by atoms with Gasteiger partial charge in [0.25, 0.3) is 0 Å². The van der Waals surface area contributed by atoms with Gasteiger partial charge in [0.2, 0.25) is 0 Å². The van der Waals surface area contributed by atoms with Gasteiger partial charge in [0, 0.05) is 56.6 Å². The topological polar surface area (TPSA) is 28.9 Å². The first kappa shape index (κ1) is 35.6. The van der Waals surface area contributed by atoms with E-state index in [1.54, 1.807) is 0 Å². The van der Waals surface area contributed by atoms with Gasteiger partial charge in [-0.3, -0.25) is 0 Å². The van der Waals surface area contributed by atoms with Gasteiger partial charge in [-0.2, -0.15) is 0 Å². The van der Waals surface area contributed by atoms with Gasteiger partial charge in [0.05, 0.1) is 11.4 Å². The van der Waals surface area contributed by atoms with Crippen LogP contribution in [0.1, 0.15) is 0 Å². The second-order valence-electron chi connectivity index (χ2n) is 15.7. The quantitative estimate of drug-likeness (QED) is 0.153. The van der Waals surface area contributed by atoms with Crippen molar-refractivity contribution < 1.29 is 9.15 Å². The first-order valence-electron chi connectivity index (χ1n) is 21.0. The van der Waals surface area contributed by atoms with Crippen LogP contribution in [-0.2, 0) is 0 Å². The summed E-state index contributed by atoms with van der Waals surface area (Å²) >= 11 is 0. The van der Waals surface area contributed by atoms with Crippen LogP contribution in [0.2, 0.25) is 0 Å². The van der Waals surface area contributed by atoms with E-state index in [0.29, 0.717) is 0 Å². The number of benzene rings is 10. The number of anilines is 6. The Labute approximate surface area is 359 Å². The summed E-state index contributed by atoms with van der Waals surface area (Å²) in [5.41, 5.74) is 14.7. The molecule has 62 heavy (non-hydrogen) atoms. The van der Waals surface area contributed by atoms with Crippen molar-refractivity contribution in [2.24, 2.45) is 0 Å². The molecule has 2 heterocycles. The molecule has 0 atom stereocenters. The molecule has 0 bridgehead atoms. The fraction of sp³-hybridized carbons (Fsp3) is 0. The minimum atomic E-state index is 0.806. The van der Waals surface area contributed by atoms with E-state index in [-0.39, 0.29) is 0 Å². The number of hydrogen-bond donors (Lipinski definition) is 0. The van der Waals surface area contributed by atoms with Gasteiger partial charge in [0.15, 0.2) is 5.58 Å². The first-order chi connectivity index (χ1) is 30.7. The Morgan fingerprint density at radius 3 is 1.58 bits per heavy atom. The predicted octanol–water partition coefficient (Wildman–Crippen LogP) is 16.8. The van der Waals surface area contributed by atoms with Crippen molar-refractivity contribution in [2.45, 2.75) is 0 Å². The van der Waals surface area contributed by atoms with E-state index in [4.69, 9.17) is 9.15 Å². The lowest BCUT2D eigenvalue weighted by atomic mass is 9.93. The number of fused-ring (bicyclic) bond motifs is 5. The monoisotopic (exact) mass is 794 g/mol. The van der Waals surface area contributed by atoms with E-state index in [2.05, 4.69) is 228 Å². The lowest BCUT2D eigenvalue weighted by Crippen LogP contribution is -2.11. The largest absolute Gasteiger partial charge is 0.456 e. The summed E-state index contributed by atoms with van der Waals surface area (Å²) < 4.78 is 13.8. The third-order valence-corrected chi connectivity index (χ3v) is 12.0. The van der Waals surface area contributed by atoms with E-state index in [9.17, 15) is 0 Å². The molecule has 4 heteroatoms. The summed E-state index contributed by atoms with van der Waals surface area (Å²) in [4.78, 5) is 4.57. The molecule has 10 aromatic carbocycles. The zero-order chi connectivity index (χ0) is 41.0. The lowest BCUT2D eigenvalue weighted by molar-refractivity contribution is 0.487. The van der Waals surface area contributed by atoms with Crippen LogP contribution in [0.25, 0.3) is 66.1 Å². The Morgan fingerprint density at radius 1 is 0.323 bits per heavy atom. The van der Waals surface area contributed by atoms with Crippen molar-refractivity contribution in [3.63, 3.8) is 0 Å². The zero-order valence-electron chi connectivity index (χ0n) is 33.7. The summed E-state index contributed by atoms with van der Waals surface area (Å²) in [6.45, 7) is 0.